The maximum absolute atomic E-state index is 11.6. The maximum Gasteiger partial charge on any atom is 0.306 e. The van der Waals surface area contributed by atoms with Gasteiger partial charge in [0.15, 0.2) is 6.10 Å². The molecule has 1 amide bonds. The van der Waals surface area contributed by atoms with E-state index in [0.717, 1.165) is 10.2 Å². The third-order valence-corrected chi connectivity index (χ3v) is 3.16. The van der Waals surface area contributed by atoms with Gasteiger partial charge < -0.3 is 14.8 Å². The van der Waals surface area contributed by atoms with Crippen LogP contribution in [0.15, 0.2) is 28.7 Å². The molecule has 0 bridgehead atoms. The number of hydrogen-bond acceptors (Lipinski definition) is 4. The fraction of sp³-hybridized carbons (Fsp3) is 0.467. The molecule has 0 aliphatic carbocycles. The normalized spacial score (nSPS) is 11.6. The number of carbonyl (C=O) groups is 2. The number of ether oxygens (including phenoxy) is 2. The first-order valence-corrected chi connectivity index (χ1v) is 7.67. The van der Waals surface area contributed by atoms with Gasteiger partial charge in [-0.15, -0.1) is 0 Å². The molecule has 5 nitrogen and oxygen atoms in total. The molecular weight excluding hydrogens is 338 g/mol. The van der Waals surface area contributed by atoms with Crippen LogP contribution in [-0.4, -0.2) is 31.1 Å². The van der Waals surface area contributed by atoms with Gasteiger partial charge in [0.2, 0.25) is 0 Å². The van der Waals surface area contributed by atoms with Crippen molar-refractivity contribution in [3.63, 3.8) is 0 Å². The summed E-state index contributed by atoms with van der Waals surface area (Å²) in [6.45, 7) is 4.31. The molecule has 1 atom stereocenters. The van der Waals surface area contributed by atoms with Crippen molar-refractivity contribution in [3.05, 3.63) is 28.7 Å². The van der Waals surface area contributed by atoms with Gasteiger partial charge in [-0.1, -0.05) is 15.9 Å². The van der Waals surface area contributed by atoms with Gasteiger partial charge in [0.25, 0.3) is 5.91 Å². The highest BCUT2D eigenvalue weighted by molar-refractivity contribution is 9.10. The first kappa shape index (κ1) is 17.5. The van der Waals surface area contributed by atoms with E-state index in [9.17, 15) is 9.59 Å². The average molecular weight is 358 g/mol. The van der Waals surface area contributed by atoms with Crippen LogP contribution >= 0.6 is 15.9 Å². The molecule has 0 heterocycles. The van der Waals surface area contributed by atoms with E-state index in [4.69, 9.17) is 9.47 Å². The van der Waals surface area contributed by atoms with Gasteiger partial charge >= 0.3 is 5.97 Å². The second kappa shape index (κ2) is 9.39. The van der Waals surface area contributed by atoms with Gasteiger partial charge in [-0.3, -0.25) is 9.59 Å². The molecule has 1 aromatic carbocycles. The minimum Gasteiger partial charge on any atom is -0.494 e. The lowest BCUT2D eigenvalue weighted by Gasteiger charge is -2.12. The molecule has 1 N–H and O–H groups in total. The Bertz CT molecular complexity index is 461. The van der Waals surface area contributed by atoms with Crippen molar-refractivity contribution in [2.75, 3.05) is 13.2 Å². The number of amides is 1. The maximum atomic E-state index is 11.6. The van der Waals surface area contributed by atoms with Crippen molar-refractivity contribution in [2.45, 2.75) is 32.8 Å². The summed E-state index contributed by atoms with van der Waals surface area (Å²) in [5.41, 5.74) is 0. The third-order valence-electron chi connectivity index (χ3n) is 2.64. The topological polar surface area (TPSA) is 64.6 Å². The van der Waals surface area contributed by atoms with Crippen LogP contribution in [0, 0.1) is 0 Å². The quantitative estimate of drug-likeness (QED) is 0.573. The van der Waals surface area contributed by atoms with Crippen LogP contribution < -0.4 is 10.1 Å². The van der Waals surface area contributed by atoms with E-state index in [-0.39, 0.29) is 12.3 Å². The van der Waals surface area contributed by atoms with Crippen molar-refractivity contribution in [3.8, 4) is 5.75 Å². The molecule has 116 valence electrons. The third kappa shape index (κ3) is 7.13. The van der Waals surface area contributed by atoms with Crippen LogP contribution in [-0.2, 0) is 14.3 Å². The Kier molecular flexibility index (Phi) is 7.82. The van der Waals surface area contributed by atoms with Crippen molar-refractivity contribution in [2.24, 2.45) is 0 Å². The van der Waals surface area contributed by atoms with Crippen LogP contribution in [0.5, 0.6) is 5.75 Å². The summed E-state index contributed by atoms with van der Waals surface area (Å²) in [5, 5.41) is 2.60. The average Bonchev–Trinajstić information content (AvgIpc) is 2.45. The molecule has 0 spiro atoms. The van der Waals surface area contributed by atoms with Gasteiger partial charge in [-0.2, -0.15) is 0 Å². The Morgan fingerprint density at radius 1 is 1.29 bits per heavy atom. The van der Waals surface area contributed by atoms with Gasteiger partial charge in [-0.05, 0) is 44.5 Å². The number of esters is 1. The Balaban J connectivity index is 2.18. The lowest BCUT2D eigenvalue weighted by Crippen LogP contribution is -2.35. The number of benzene rings is 1. The largest absolute Gasteiger partial charge is 0.494 e. The van der Waals surface area contributed by atoms with E-state index in [1.807, 2.05) is 31.2 Å². The highest BCUT2D eigenvalue weighted by atomic mass is 79.9. The van der Waals surface area contributed by atoms with Crippen LogP contribution in [0.1, 0.15) is 26.7 Å². The predicted molar refractivity (Wildman–Crippen MR) is 83.1 cm³/mol. The number of carbonyl (C=O) groups excluding carboxylic acids is 2. The molecule has 0 aliphatic heterocycles. The van der Waals surface area contributed by atoms with Gasteiger partial charge in [-0.25, -0.2) is 0 Å². The summed E-state index contributed by atoms with van der Waals surface area (Å²) in [4.78, 5) is 23.0. The molecule has 0 saturated heterocycles. The molecule has 1 rings (SSSR count). The molecule has 0 unspecified atom stereocenters. The van der Waals surface area contributed by atoms with Crippen molar-refractivity contribution >= 4 is 27.8 Å². The second-order valence-corrected chi connectivity index (χ2v) is 5.35. The van der Waals surface area contributed by atoms with Crippen molar-refractivity contribution in [1.82, 2.24) is 5.32 Å². The van der Waals surface area contributed by atoms with E-state index >= 15 is 0 Å². The Hall–Kier alpha value is -1.56. The van der Waals surface area contributed by atoms with Crippen LogP contribution in [0.25, 0.3) is 0 Å². The first-order valence-electron chi connectivity index (χ1n) is 6.88. The number of rotatable bonds is 8. The number of hydrogen-bond donors (Lipinski definition) is 1. The van der Waals surface area contributed by atoms with Crippen LogP contribution in [0.2, 0.25) is 0 Å². The lowest BCUT2D eigenvalue weighted by atomic mass is 10.3. The van der Waals surface area contributed by atoms with Gasteiger partial charge in [0.05, 0.1) is 6.61 Å². The van der Waals surface area contributed by atoms with E-state index in [2.05, 4.69) is 21.2 Å². The fourth-order valence-electron chi connectivity index (χ4n) is 1.56. The molecule has 0 aromatic heterocycles. The second-order valence-electron chi connectivity index (χ2n) is 4.43. The van der Waals surface area contributed by atoms with Crippen LogP contribution in [0.4, 0.5) is 0 Å². The summed E-state index contributed by atoms with van der Waals surface area (Å²) in [6.07, 6.45) is 0.00179. The molecule has 0 fully saturated rings. The highest BCUT2D eigenvalue weighted by Crippen LogP contribution is 2.16. The van der Waals surface area contributed by atoms with E-state index < -0.39 is 12.1 Å². The number of likely N-dealkylation sites (N-methyl/N-ethyl adjacent to an activating group) is 1. The minimum absolute atomic E-state index is 0.222. The lowest BCUT2D eigenvalue weighted by molar-refractivity contribution is -0.154. The SMILES string of the molecule is CCNC(=O)[C@H](C)OC(=O)CCCOc1ccc(Br)cc1. The standard InChI is InChI=1S/C15H20BrNO4/c1-3-17-15(19)11(2)21-14(18)5-4-10-20-13-8-6-12(16)7-9-13/h6-9,11H,3-5,10H2,1-2H3,(H,17,19)/t11-/m0/s1. The van der Waals surface area contributed by atoms with E-state index in [1.54, 1.807) is 6.92 Å². The van der Waals surface area contributed by atoms with Crippen molar-refractivity contribution < 1.29 is 19.1 Å². The van der Waals surface area contributed by atoms with E-state index in [0.29, 0.717) is 19.6 Å². The molecule has 0 saturated carbocycles. The first-order chi connectivity index (χ1) is 10.0. The Morgan fingerprint density at radius 3 is 2.57 bits per heavy atom. The monoisotopic (exact) mass is 357 g/mol. The zero-order valence-corrected chi connectivity index (χ0v) is 13.8. The summed E-state index contributed by atoms with van der Waals surface area (Å²) in [7, 11) is 0. The summed E-state index contributed by atoms with van der Waals surface area (Å²) in [6, 6.07) is 7.47. The Morgan fingerprint density at radius 2 is 1.95 bits per heavy atom. The van der Waals surface area contributed by atoms with Gasteiger partial charge in [0.1, 0.15) is 5.75 Å². The predicted octanol–water partition coefficient (Wildman–Crippen LogP) is 2.68. The van der Waals surface area contributed by atoms with Crippen LogP contribution in [0.3, 0.4) is 0 Å². The zero-order valence-electron chi connectivity index (χ0n) is 12.2. The number of nitrogens with one attached hydrogen (secondary N) is 1. The fourth-order valence-corrected chi connectivity index (χ4v) is 1.83. The molecule has 0 aliphatic rings. The Labute approximate surface area is 133 Å². The highest BCUT2D eigenvalue weighted by Gasteiger charge is 2.16. The minimum atomic E-state index is -0.759. The number of halogens is 1. The van der Waals surface area contributed by atoms with Gasteiger partial charge in [0, 0.05) is 17.4 Å². The molecular formula is C15H20BrNO4. The molecule has 0 radical (unpaired) electrons. The smallest absolute Gasteiger partial charge is 0.306 e. The van der Waals surface area contributed by atoms with Crippen molar-refractivity contribution in [1.29, 1.82) is 0 Å². The summed E-state index contributed by atoms with van der Waals surface area (Å²) < 4.78 is 11.5. The van der Waals surface area contributed by atoms with E-state index in [1.165, 1.54) is 0 Å². The zero-order chi connectivity index (χ0) is 15.7. The molecule has 6 heteroatoms. The summed E-state index contributed by atoms with van der Waals surface area (Å²) >= 11 is 3.34. The summed E-state index contributed by atoms with van der Waals surface area (Å²) in [5.74, 6) is 0.0763. The molecule has 1 aromatic rings. The molecule has 21 heavy (non-hydrogen) atoms.